The van der Waals surface area contributed by atoms with Crippen molar-refractivity contribution in [3.63, 3.8) is 0 Å². The number of nitrogens with zero attached hydrogens (tertiary/aromatic N) is 1. The maximum atomic E-state index is 5.76. The number of aryl methyl sites for hydroxylation is 1. The first-order valence-electron chi connectivity index (χ1n) is 5.30. The summed E-state index contributed by atoms with van der Waals surface area (Å²) in [5, 5.41) is 5.85. The van der Waals surface area contributed by atoms with E-state index in [1.54, 1.807) is 11.3 Å². The van der Waals surface area contributed by atoms with Gasteiger partial charge >= 0.3 is 0 Å². The average molecular weight is 246 g/mol. The fourth-order valence-corrected chi connectivity index (χ4v) is 1.95. The van der Waals surface area contributed by atoms with Crippen LogP contribution in [0, 0.1) is 6.92 Å². The molecule has 0 saturated carbocycles. The molecule has 1 aromatic carbocycles. The van der Waals surface area contributed by atoms with Crippen LogP contribution in [-0.4, -0.2) is 5.84 Å². The maximum Gasteiger partial charge on any atom is 0.180 e. The maximum absolute atomic E-state index is 5.76. The topological polar surface area (TPSA) is 47.6 Å². The molecule has 2 rings (SSSR count). The van der Waals surface area contributed by atoms with Gasteiger partial charge in [0.1, 0.15) is 6.61 Å². The predicted molar refractivity (Wildman–Crippen MR) is 71.0 cm³/mol. The van der Waals surface area contributed by atoms with Crippen LogP contribution in [0.25, 0.3) is 0 Å². The summed E-state index contributed by atoms with van der Waals surface area (Å²) in [7, 11) is 0. The molecule has 0 radical (unpaired) electrons. The monoisotopic (exact) mass is 246 g/mol. The van der Waals surface area contributed by atoms with E-state index in [0.717, 1.165) is 10.4 Å². The van der Waals surface area contributed by atoms with E-state index in [1.165, 1.54) is 5.56 Å². The highest BCUT2D eigenvalue weighted by Gasteiger charge is 1.99. The molecule has 0 amide bonds. The van der Waals surface area contributed by atoms with E-state index in [4.69, 9.17) is 10.6 Å². The van der Waals surface area contributed by atoms with Crippen LogP contribution in [0.1, 0.15) is 16.0 Å². The van der Waals surface area contributed by atoms with Crippen molar-refractivity contribution >= 4 is 17.2 Å². The van der Waals surface area contributed by atoms with Gasteiger partial charge in [0.25, 0.3) is 0 Å². The smallest absolute Gasteiger partial charge is 0.180 e. The molecule has 2 N–H and O–H groups in total. The first-order chi connectivity index (χ1) is 8.25. The van der Waals surface area contributed by atoms with Crippen molar-refractivity contribution in [1.82, 2.24) is 0 Å². The molecular formula is C13H14N2OS. The van der Waals surface area contributed by atoms with Crippen molar-refractivity contribution in [1.29, 1.82) is 0 Å². The van der Waals surface area contributed by atoms with Gasteiger partial charge in [-0.1, -0.05) is 41.1 Å². The third kappa shape index (κ3) is 3.32. The van der Waals surface area contributed by atoms with Gasteiger partial charge in [-0.25, -0.2) is 0 Å². The molecule has 4 heteroatoms. The van der Waals surface area contributed by atoms with E-state index in [1.807, 2.05) is 41.8 Å². The van der Waals surface area contributed by atoms with Gasteiger partial charge in [0.2, 0.25) is 0 Å². The summed E-state index contributed by atoms with van der Waals surface area (Å²) in [6, 6.07) is 12.0. The SMILES string of the molecule is Cc1ccc(CO/N=C(\N)c2cccs2)cc1. The number of benzene rings is 1. The Kier molecular flexibility index (Phi) is 3.77. The summed E-state index contributed by atoms with van der Waals surface area (Å²) in [6.07, 6.45) is 0. The number of nitrogens with two attached hydrogens (primary N) is 1. The lowest BCUT2D eigenvalue weighted by molar-refractivity contribution is 0.130. The summed E-state index contributed by atoms with van der Waals surface area (Å²) in [5.41, 5.74) is 8.08. The lowest BCUT2D eigenvalue weighted by atomic mass is 10.2. The highest BCUT2D eigenvalue weighted by Crippen LogP contribution is 2.09. The Morgan fingerprint density at radius 2 is 2.06 bits per heavy atom. The second kappa shape index (κ2) is 5.50. The van der Waals surface area contributed by atoms with Gasteiger partial charge in [-0.15, -0.1) is 11.3 Å². The number of amidine groups is 1. The van der Waals surface area contributed by atoms with E-state index < -0.39 is 0 Å². The lowest BCUT2D eigenvalue weighted by Gasteiger charge is -2.01. The highest BCUT2D eigenvalue weighted by molar-refractivity contribution is 7.12. The Morgan fingerprint density at radius 1 is 1.29 bits per heavy atom. The molecule has 0 saturated heterocycles. The van der Waals surface area contributed by atoms with E-state index in [9.17, 15) is 0 Å². The molecule has 1 heterocycles. The van der Waals surface area contributed by atoms with Crippen molar-refractivity contribution < 1.29 is 4.84 Å². The van der Waals surface area contributed by atoms with Crippen molar-refractivity contribution in [2.75, 3.05) is 0 Å². The van der Waals surface area contributed by atoms with E-state index in [2.05, 4.69) is 12.1 Å². The van der Waals surface area contributed by atoms with Gasteiger partial charge in [-0.3, -0.25) is 0 Å². The average Bonchev–Trinajstić information content (AvgIpc) is 2.85. The molecular weight excluding hydrogens is 232 g/mol. The lowest BCUT2D eigenvalue weighted by Crippen LogP contribution is -2.11. The van der Waals surface area contributed by atoms with Crippen LogP contribution in [0.15, 0.2) is 46.9 Å². The van der Waals surface area contributed by atoms with Crippen LogP contribution in [0.5, 0.6) is 0 Å². The largest absolute Gasteiger partial charge is 0.389 e. The fraction of sp³-hybridized carbons (Fsp3) is 0.154. The van der Waals surface area contributed by atoms with Gasteiger partial charge in [0.15, 0.2) is 5.84 Å². The Balaban J connectivity index is 1.91. The van der Waals surface area contributed by atoms with Crippen molar-refractivity contribution in [2.24, 2.45) is 10.9 Å². The molecule has 0 atom stereocenters. The zero-order valence-electron chi connectivity index (χ0n) is 9.59. The third-order valence-corrected chi connectivity index (χ3v) is 3.18. The van der Waals surface area contributed by atoms with Gasteiger partial charge in [-0.05, 0) is 23.9 Å². The Bertz CT molecular complexity index is 489. The molecule has 1 aromatic heterocycles. The van der Waals surface area contributed by atoms with Gasteiger partial charge in [0.05, 0.1) is 4.88 Å². The molecule has 0 bridgehead atoms. The minimum absolute atomic E-state index is 0.423. The quantitative estimate of drug-likeness (QED) is 0.512. The van der Waals surface area contributed by atoms with Crippen molar-refractivity contribution in [3.8, 4) is 0 Å². The van der Waals surface area contributed by atoms with Crippen LogP contribution in [0.4, 0.5) is 0 Å². The number of hydrogen-bond donors (Lipinski definition) is 1. The molecule has 0 fully saturated rings. The second-order valence-corrected chi connectivity index (χ2v) is 4.66. The molecule has 0 spiro atoms. The first-order valence-corrected chi connectivity index (χ1v) is 6.18. The molecule has 88 valence electrons. The minimum atomic E-state index is 0.423. The van der Waals surface area contributed by atoms with Crippen LogP contribution < -0.4 is 5.73 Å². The van der Waals surface area contributed by atoms with Crippen LogP contribution in [0.2, 0.25) is 0 Å². The summed E-state index contributed by atoms with van der Waals surface area (Å²) in [6.45, 7) is 2.49. The number of oxime groups is 1. The van der Waals surface area contributed by atoms with E-state index in [0.29, 0.717) is 12.4 Å². The van der Waals surface area contributed by atoms with E-state index in [-0.39, 0.29) is 0 Å². The van der Waals surface area contributed by atoms with Crippen LogP contribution in [-0.2, 0) is 11.4 Å². The van der Waals surface area contributed by atoms with Crippen molar-refractivity contribution in [3.05, 3.63) is 57.8 Å². The molecule has 0 unspecified atom stereocenters. The minimum Gasteiger partial charge on any atom is -0.389 e. The molecule has 0 aliphatic heterocycles. The van der Waals surface area contributed by atoms with Gasteiger partial charge in [0, 0.05) is 0 Å². The molecule has 3 nitrogen and oxygen atoms in total. The summed E-state index contributed by atoms with van der Waals surface area (Å²) in [4.78, 5) is 6.14. The second-order valence-electron chi connectivity index (χ2n) is 3.71. The van der Waals surface area contributed by atoms with Crippen LogP contribution >= 0.6 is 11.3 Å². The van der Waals surface area contributed by atoms with Gasteiger partial charge < -0.3 is 10.6 Å². The normalized spacial score (nSPS) is 11.5. The summed E-state index contributed by atoms with van der Waals surface area (Å²) in [5.74, 6) is 0.423. The highest BCUT2D eigenvalue weighted by atomic mass is 32.1. The Morgan fingerprint density at radius 3 is 2.71 bits per heavy atom. The Hall–Kier alpha value is -1.81. The number of rotatable bonds is 4. The summed E-state index contributed by atoms with van der Waals surface area (Å²) >= 11 is 1.54. The zero-order valence-corrected chi connectivity index (χ0v) is 10.4. The number of hydrogen-bond acceptors (Lipinski definition) is 3. The standard InChI is InChI=1S/C13H14N2OS/c1-10-4-6-11(7-5-10)9-16-15-13(14)12-3-2-8-17-12/h2-8H,9H2,1H3,(H2,14,15). The molecule has 17 heavy (non-hydrogen) atoms. The van der Waals surface area contributed by atoms with E-state index >= 15 is 0 Å². The first kappa shape index (κ1) is 11.7. The molecule has 0 aliphatic rings. The summed E-state index contributed by atoms with van der Waals surface area (Å²) < 4.78 is 0. The predicted octanol–water partition coefficient (Wildman–Crippen LogP) is 2.89. The number of thiophene rings is 1. The molecule has 0 aliphatic carbocycles. The van der Waals surface area contributed by atoms with Crippen molar-refractivity contribution in [2.45, 2.75) is 13.5 Å². The Labute approximate surface area is 105 Å². The fourth-order valence-electron chi connectivity index (χ4n) is 1.33. The van der Waals surface area contributed by atoms with Gasteiger partial charge in [-0.2, -0.15) is 0 Å². The zero-order chi connectivity index (χ0) is 12.1. The third-order valence-electron chi connectivity index (χ3n) is 2.29. The molecule has 2 aromatic rings. The van der Waals surface area contributed by atoms with Crippen LogP contribution in [0.3, 0.4) is 0 Å².